The molecule has 0 radical (unpaired) electrons. The molecule has 0 bridgehead atoms. The summed E-state index contributed by atoms with van der Waals surface area (Å²) in [6.07, 6.45) is 22.8. The van der Waals surface area contributed by atoms with Gasteiger partial charge in [0.1, 0.15) is 12.2 Å². The third kappa shape index (κ3) is 15.6. The van der Waals surface area contributed by atoms with Gasteiger partial charge in [0.05, 0.1) is 19.1 Å². The number of unbranched alkanes of at least 4 members (excludes halogenated alkanes) is 11. The number of hydrogen-bond acceptors (Lipinski definition) is 6. The molecule has 2 amide bonds. The van der Waals surface area contributed by atoms with Crippen LogP contribution in [0.4, 0.5) is 0 Å². The molecular formula is C35H62N2O6. The molecule has 1 aliphatic carbocycles. The minimum Gasteiger partial charge on any atom is -0.460 e. The molecule has 0 aromatic rings. The van der Waals surface area contributed by atoms with Crippen LogP contribution in [0.5, 0.6) is 0 Å². The molecule has 2 aliphatic rings. The summed E-state index contributed by atoms with van der Waals surface area (Å²) in [6.45, 7) is 10.3. The van der Waals surface area contributed by atoms with E-state index in [2.05, 4.69) is 29.7 Å². The van der Waals surface area contributed by atoms with E-state index in [1.54, 1.807) is 13.8 Å². The summed E-state index contributed by atoms with van der Waals surface area (Å²) in [4.78, 5) is 37.8. The zero-order chi connectivity index (χ0) is 31.6. The standard InChI is InChI=1S/C35H62N2O6/c1-6-7-8-9-10-11-12-13-14-15-16-17-18-19-20-24-30(38)37-28-22-21-23-29(28)42-31(39)25-26-36-33(40)32-34(2,3)27-41-35(4,5)43-32/h13-14,28-29,32H,6-12,15-27H2,1-5H3,(H,36,40)(H,37,38)/b14-13-/t28-,29-,32?/m0/s1. The van der Waals surface area contributed by atoms with Gasteiger partial charge in [-0.1, -0.05) is 84.3 Å². The highest BCUT2D eigenvalue weighted by Gasteiger charge is 2.45. The van der Waals surface area contributed by atoms with E-state index in [0.29, 0.717) is 13.0 Å². The number of rotatable bonds is 21. The largest absolute Gasteiger partial charge is 0.460 e. The van der Waals surface area contributed by atoms with Crippen LogP contribution in [-0.2, 0) is 28.6 Å². The normalized spacial score (nSPS) is 22.9. The van der Waals surface area contributed by atoms with Crippen LogP contribution in [0, 0.1) is 5.41 Å². The first-order valence-corrected chi connectivity index (χ1v) is 17.3. The molecule has 1 aliphatic heterocycles. The van der Waals surface area contributed by atoms with Gasteiger partial charge in [-0.05, 0) is 65.2 Å². The molecule has 3 atom stereocenters. The van der Waals surface area contributed by atoms with Crippen molar-refractivity contribution in [3.63, 3.8) is 0 Å². The van der Waals surface area contributed by atoms with Crippen LogP contribution in [0.25, 0.3) is 0 Å². The first kappa shape index (κ1) is 37.3. The zero-order valence-electron chi connectivity index (χ0n) is 28.0. The van der Waals surface area contributed by atoms with Crippen LogP contribution < -0.4 is 10.6 Å². The zero-order valence-corrected chi connectivity index (χ0v) is 28.0. The summed E-state index contributed by atoms with van der Waals surface area (Å²) in [7, 11) is 0. The molecular weight excluding hydrogens is 544 g/mol. The van der Waals surface area contributed by atoms with Crippen molar-refractivity contribution in [2.24, 2.45) is 5.41 Å². The third-order valence-electron chi connectivity index (χ3n) is 8.52. The molecule has 1 saturated carbocycles. The predicted octanol–water partition coefficient (Wildman–Crippen LogP) is 7.29. The summed E-state index contributed by atoms with van der Waals surface area (Å²) in [6, 6.07) is -0.132. The van der Waals surface area contributed by atoms with E-state index in [-0.39, 0.29) is 42.9 Å². The van der Waals surface area contributed by atoms with Gasteiger partial charge >= 0.3 is 5.97 Å². The second-order valence-corrected chi connectivity index (χ2v) is 13.7. The Kier molecular flexibility index (Phi) is 17.5. The smallest absolute Gasteiger partial charge is 0.307 e. The van der Waals surface area contributed by atoms with Gasteiger partial charge in [0.25, 0.3) is 0 Å². The lowest BCUT2D eigenvalue weighted by Gasteiger charge is -2.44. The van der Waals surface area contributed by atoms with Crippen molar-refractivity contribution in [1.82, 2.24) is 10.6 Å². The number of nitrogens with one attached hydrogen (secondary N) is 2. The lowest BCUT2D eigenvalue weighted by Crippen LogP contribution is -2.56. The molecule has 2 N–H and O–H groups in total. The second kappa shape index (κ2) is 20.2. The van der Waals surface area contributed by atoms with Crippen molar-refractivity contribution in [1.29, 1.82) is 0 Å². The van der Waals surface area contributed by atoms with Gasteiger partial charge in [0.15, 0.2) is 5.79 Å². The SMILES string of the molecule is CCCCCCCC/C=C\CCCCCCCC(=O)N[C@H]1CCC[C@@H]1OC(=O)CCNC(=O)C1OC(C)(C)OCC1(C)C. The minimum atomic E-state index is -0.831. The first-order valence-electron chi connectivity index (χ1n) is 17.3. The molecule has 1 unspecified atom stereocenters. The Morgan fingerprint density at radius 3 is 2.14 bits per heavy atom. The fourth-order valence-electron chi connectivity index (χ4n) is 5.80. The number of ether oxygens (including phenoxy) is 3. The Morgan fingerprint density at radius 2 is 1.47 bits per heavy atom. The highest BCUT2D eigenvalue weighted by Crippen LogP contribution is 2.34. The van der Waals surface area contributed by atoms with Crippen LogP contribution in [0.3, 0.4) is 0 Å². The number of carbonyl (C=O) groups excluding carboxylic acids is 3. The molecule has 2 rings (SSSR count). The van der Waals surface area contributed by atoms with Gasteiger partial charge in [-0.3, -0.25) is 14.4 Å². The number of amides is 2. The maximum atomic E-state index is 12.8. The van der Waals surface area contributed by atoms with Crippen LogP contribution >= 0.6 is 0 Å². The monoisotopic (exact) mass is 606 g/mol. The Morgan fingerprint density at radius 1 is 0.837 bits per heavy atom. The van der Waals surface area contributed by atoms with E-state index in [4.69, 9.17) is 14.2 Å². The molecule has 0 aromatic carbocycles. The summed E-state index contributed by atoms with van der Waals surface area (Å²) in [5.41, 5.74) is -0.473. The van der Waals surface area contributed by atoms with Gasteiger partial charge < -0.3 is 24.8 Å². The minimum absolute atomic E-state index is 0.0415. The van der Waals surface area contributed by atoms with Crippen molar-refractivity contribution < 1.29 is 28.6 Å². The molecule has 0 spiro atoms. The van der Waals surface area contributed by atoms with Crippen molar-refractivity contribution in [2.45, 2.75) is 174 Å². The average molecular weight is 607 g/mol. The quantitative estimate of drug-likeness (QED) is 0.0808. The number of esters is 1. The average Bonchev–Trinajstić information content (AvgIpc) is 3.38. The highest BCUT2D eigenvalue weighted by atomic mass is 16.7. The highest BCUT2D eigenvalue weighted by molar-refractivity contribution is 5.82. The third-order valence-corrected chi connectivity index (χ3v) is 8.52. The topological polar surface area (TPSA) is 103 Å². The van der Waals surface area contributed by atoms with E-state index >= 15 is 0 Å². The fourth-order valence-corrected chi connectivity index (χ4v) is 5.80. The lowest BCUT2D eigenvalue weighted by atomic mass is 9.85. The molecule has 2 fully saturated rings. The van der Waals surface area contributed by atoms with Crippen molar-refractivity contribution in [3.8, 4) is 0 Å². The Labute approximate surface area is 261 Å². The van der Waals surface area contributed by atoms with Gasteiger partial charge in [0, 0.05) is 18.4 Å². The van der Waals surface area contributed by atoms with E-state index in [0.717, 1.165) is 44.9 Å². The molecule has 1 saturated heterocycles. The molecule has 8 heteroatoms. The van der Waals surface area contributed by atoms with Gasteiger partial charge in [-0.25, -0.2) is 0 Å². The Bertz CT molecular complexity index is 855. The molecule has 1 heterocycles. The van der Waals surface area contributed by atoms with E-state index in [9.17, 15) is 14.4 Å². The van der Waals surface area contributed by atoms with Crippen LogP contribution in [0.2, 0.25) is 0 Å². The summed E-state index contributed by atoms with van der Waals surface area (Å²) in [5, 5.41) is 5.91. The number of hydrogen-bond donors (Lipinski definition) is 2. The molecule has 43 heavy (non-hydrogen) atoms. The Hall–Kier alpha value is -1.93. The van der Waals surface area contributed by atoms with E-state index in [1.165, 1.54) is 57.8 Å². The van der Waals surface area contributed by atoms with Crippen molar-refractivity contribution in [2.75, 3.05) is 13.2 Å². The Balaban J connectivity index is 1.51. The van der Waals surface area contributed by atoms with Gasteiger partial charge in [0.2, 0.25) is 11.8 Å². The molecule has 248 valence electrons. The molecule has 8 nitrogen and oxygen atoms in total. The van der Waals surface area contributed by atoms with E-state index in [1.807, 2.05) is 13.8 Å². The maximum absolute atomic E-state index is 12.8. The summed E-state index contributed by atoms with van der Waals surface area (Å²) in [5.74, 6) is -1.41. The first-order chi connectivity index (χ1) is 20.5. The summed E-state index contributed by atoms with van der Waals surface area (Å²) >= 11 is 0. The predicted molar refractivity (Wildman–Crippen MR) is 171 cm³/mol. The van der Waals surface area contributed by atoms with Gasteiger partial charge in [-0.15, -0.1) is 0 Å². The number of carbonyl (C=O) groups is 3. The van der Waals surface area contributed by atoms with Crippen LogP contribution in [-0.4, -0.2) is 55.0 Å². The fraction of sp³-hybridized carbons (Fsp3) is 0.857. The van der Waals surface area contributed by atoms with Crippen molar-refractivity contribution in [3.05, 3.63) is 12.2 Å². The van der Waals surface area contributed by atoms with Crippen LogP contribution in [0.15, 0.2) is 12.2 Å². The summed E-state index contributed by atoms with van der Waals surface area (Å²) < 4.78 is 17.2. The number of allylic oxidation sites excluding steroid dienone is 2. The lowest BCUT2D eigenvalue weighted by molar-refractivity contribution is -0.304. The maximum Gasteiger partial charge on any atom is 0.307 e. The van der Waals surface area contributed by atoms with Crippen molar-refractivity contribution >= 4 is 17.8 Å². The second-order valence-electron chi connectivity index (χ2n) is 13.7. The van der Waals surface area contributed by atoms with Gasteiger partial charge in [-0.2, -0.15) is 0 Å². The molecule has 0 aromatic heterocycles. The van der Waals surface area contributed by atoms with Crippen LogP contribution in [0.1, 0.15) is 150 Å². The van der Waals surface area contributed by atoms with E-state index < -0.39 is 17.3 Å².